The van der Waals surface area contributed by atoms with Gasteiger partial charge in [0.1, 0.15) is 11.7 Å². The Bertz CT molecular complexity index is 509. The zero-order valence-corrected chi connectivity index (χ0v) is 12.6. The minimum absolute atomic E-state index is 0.0511. The summed E-state index contributed by atoms with van der Waals surface area (Å²) in [6.07, 6.45) is 2.98. The molecule has 1 heterocycles. The number of para-hydroxylation sites is 1. The molecule has 0 N–H and O–H groups in total. The summed E-state index contributed by atoms with van der Waals surface area (Å²) in [5.41, 5.74) is 1.03. The average Bonchev–Trinajstić information content (AvgIpc) is 2.54. The third-order valence-electron chi connectivity index (χ3n) is 3.96. The van der Waals surface area contributed by atoms with Gasteiger partial charge < -0.3 is 9.47 Å². The summed E-state index contributed by atoms with van der Waals surface area (Å²) in [4.78, 5) is 24.5. The molecule has 21 heavy (non-hydrogen) atoms. The van der Waals surface area contributed by atoms with Crippen molar-refractivity contribution < 1.29 is 19.1 Å². The Labute approximate surface area is 125 Å². The summed E-state index contributed by atoms with van der Waals surface area (Å²) < 4.78 is 10.4. The van der Waals surface area contributed by atoms with E-state index in [1.54, 1.807) is 0 Å². The van der Waals surface area contributed by atoms with Crippen molar-refractivity contribution in [3.05, 3.63) is 29.8 Å². The molecule has 4 heteroatoms. The second-order valence-electron chi connectivity index (χ2n) is 5.44. The molecule has 4 nitrogen and oxygen atoms in total. The van der Waals surface area contributed by atoms with Crippen LogP contribution in [0.3, 0.4) is 0 Å². The lowest BCUT2D eigenvalue weighted by molar-refractivity contribution is -0.151. The van der Waals surface area contributed by atoms with E-state index in [9.17, 15) is 9.59 Å². The van der Waals surface area contributed by atoms with E-state index in [-0.39, 0.29) is 11.7 Å². The van der Waals surface area contributed by atoms with Gasteiger partial charge in [0.05, 0.1) is 19.6 Å². The molecule has 1 aromatic rings. The smallest absolute Gasteiger partial charge is 0.316 e. The van der Waals surface area contributed by atoms with E-state index in [2.05, 4.69) is 0 Å². The van der Waals surface area contributed by atoms with Crippen LogP contribution >= 0.6 is 0 Å². The molecule has 0 fully saturated rings. The zero-order chi connectivity index (χ0) is 15.2. The molecule has 114 valence electrons. The number of methoxy groups -OCH3 is 1. The van der Waals surface area contributed by atoms with Crippen LogP contribution in [0, 0.1) is 11.8 Å². The first-order chi connectivity index (χ1) is 10.2. The summed E-state index contributed by atoms with van der Waals surface area (Å²) in [6.45, 7) is 2.38. The molecule has 0 bridgehead atoms. The lowest BCUT2D eigenvalue weighted by atomic mass is 9.84. The van der Waals surface area contributed by atoms with Crippen molar-refractivity contribution in [1.82, 2.24) is 0 Å². The van der Waals surface area contributed by atoms with E-state index in [1.807, 2.05) is 31.2 Å². The van der Waals surface area contributed by atoms with Crippen LogP contribution in [0.1, 0.15) is 31.7 Å². The van der Waals surface area contributed by atoms with Crippen molar-refractivity contribution >= 4 is 11.8 Å². The number of carbonyl (C=O) groups excluding carboxylic acids is 2. The highest BCUT2D eigenvalue weighted by atomic mass is 16.5. The Morgan fingerprint density at radius 2 is 2.14 bits per heavy atom. The van der Waals surface area contributed by atoms with E-state index in [1.165, 1.54) is 7.11 Å². The number of rotatable bonds is 6. The number of esters is 1. The maximum atomic E-state index is 12.6. The van der Waals surface area contributed by atoms with Gasteiger partial charge in [-0.15, -0.1) is 0 Å². The van der Waals surface area contributed by atoms with Crippen molar-refractivity contribution in [2.45, 2.75) is 32.6 Å². The van der Waals surface area contributed by atoms with Gasteiger partial charge in [-0.1, -0.05) is 38.0 Å². The van der Waals surface area contributed by atoms with E-state index in [4.69, 9.17) is 9.47 Å². The number of fused-ring (bicyclic) bond motifs is 1. The lowest BCUT2D eigenvalue weighted by Gasteiger charge is -2.26. The summed E-state index contributed by atoms with van der Waals surface area (Å²) in [5, 5.41) is 0. The highest BCUT2D eigenvalue weighted by Gasteiger charge is 2.35. The van der Waals surface area contributed by atoms with Crippen molar-refractivity contribution in [2.75, 3.05) is 13.7 Å². The SMILES string of the molecule is CCCCC(C(=O)OC)C(=O)C1COc2ccccc2C1. The van der Waals surface area contributed by atoms with Crippen LogP contribution in [0.25, 0.3) is 0 Å². The van der Waals surface area contributed by atoms with E-state index >= 15 is 0 Å². The van der Waals surface area contributed by atoms with E-state index in [0.717, 1.165) is 24.2 Å². The fourth-order valence-corrected chi connectivity index (χ4v) is 2.72. The molecule has 1 aromatic carbocycles. The molecule has 0 amide bonds. The minimum atomic E-state index is -0.659. The Morgan fingerprint density at radius 1 is 1.38 bits per heavy atom. The monoisotopic (exact) mass is 290 g/mol. The zero-order valence-electron chi connectivity index (χ0n) is 12.6. The Kier molecular flexibility index (Phi) is 5.37. The van der Waals surface area contributed by atoms with Crippen LogP contribution in [0.15, 0.2) is 24.3 Å². The third kappa shape index (κ3) is 3.63. The van der Waals surface area contributed by atoms with Gasteiger partial charge in [0, 0.05) is 0 Å². The molecule has 0 saturated heterocycles. The number of carbonyl (C=O) groups is 2. The van der Waals surface area contributed by atoms with Crippen molar-refractivity contribution in [3.8, 4) is 5.75 Å². The van der Waals surface area contributed by atoms with Gasteiger partial charge in [0.25, 0.3) is 0 Å². The highest BCUT2D eigenvalue weighted by Crippen LogP contribution is 2.29. The molecular formula is C17H22O4. The lowest BCUT2D eigenvalue weighted by Crippen LogP contribution is -2.36. The number of ether oxygens (including phenoxy) is 2. The van der Waals surface area contributed by atoms with Gasteiger partial charge in [-0.3, -0.25) is 9.59 Å². The van der Waals surface area contributed by atoms with Crippen molar-refractivity contribution in [2.24, 2.45) is 11.8 Å². The fourth-order valence-electron chi connectivity index (χ4n) is 2.72. The molecule has 0 aromatic heterocycles. The van der Waals surface area contributed by atoms with Gasteiger partial charge >= 0.3 is 5.97 Å². The largest absolute Gasteiger partial charge is 0.493 e. The first-order valence-electron chi connectivity index (χ1n) is 7.49. The van der Waals surface area contributed by atoms with Crippen molar-refractivity contribution in [3.63, 3.8) is 0 Å². The number of ketones is 1. The van der Waals surface area contributed by atoms with Gasteiger partial charge in [-0.2, -0.15) is 0 Å². The number of unbranched alkanes of at least 4 members (excludes halogenated alkanes) is 1. The highest BCUT2D eigenvalue weighted by molar-refractivity contribution is 6.00. The molecule has 1 aliphatic rings. The standard InChI is InChI=1S/C17H22O4/c1-3-4-8-14(17(19)20-2)16(18)13-10-12-7-5-6-9-15(12)21-11-13/h5-7,9,13-14H,3-4,8,10-11H2,1-2H3. The van der Waals surface area contributed by atoms with E-state index in [0.29, 0.717) is 19.4 Å². The second-order valence-corrected chi connectivity index (χ2v) is 5.44. The number of benzene rings is 1. The average molecular weight is 290 g/mol. The molecule has 2 unspecified atom stereocenters. The second kappa shape index (κ2) is 7.25. The third-order valence-corrected chi connectivity index (χ3v) is 3.96. The van der Waals surface area contributed by atoms with Gasteiger partial charge in [0.15, 0.2) is 5.78 Å². The predicted octanol–water partition coefficient (Wildman–Crippen LogP) is 2.79. The number of hydrogen-bond acceptors (Lipinski definition) is 4. The van der Waals surface area contributed by atoms with Crippen LogP contribution in [-0.4, -0.2) is 25.5 Å². The first kappa shape index (κ1) is 15.5. The molecule has 0 spiro atoms. The Hall–Kier alpha value is -1.84. The summed E-state index contributed by atoms with van der Waals surface area (Å²) >= 11 is 0. The van der Waals surface area contributed by atoms with Crippen LogP contribution in [0.5, 0.6) is 5.75 Å². The topological polar surface area (TPSA) is 52.6 Å². The fraction of sp³-hybridized carbons (Fsp3) is 0.529. The van der Waals surface area contributed by atoms with Gasteiger partial charge in [0.2, 0.25) is 0 Å². The summed E-state index contributed by atoms with van der Waals surface area (Å²) in [6, 6.07) is 7.72. The molecule has 0 saturated carbocycles. The quantitative estimate of drug-likeness (QED) is 0.597. The van der Waals surface area contributed by atoms with Crippen LogP contribution in [-0.2, 0) is 20.7 Å². The minimum Gasteiger partial charge on any atom is -0.493 e. The van der Waals surface area contributed by atoms with E-state index < -0.39 is 11.9 Å². The molecule has 2 atom stereocenters. The molecular weight excluding hydrogens is 268 g/mol. The first-order valence-corrected chi connectivity index (χ1v) is 7.49. The Balaban J connectivity index is 2.09. The molecule has 0 radical (unpaired) electrons. The molecule has 2 rings (SSSR count). The summed E-state index contributed by atoms with van der Waals surface area (Å²) in [5.74, 6) is -0.559. The predicted molar refractivity (Wildman–Crippen MR) is 79.2 cm³/mol. The summed E-state index contributed by atoms with van der Waals surface area (Å²) in [7, 11) is 1.33. The maximum Gasteiger partial charge on any atom is 0.316 e. The van der Waals surface area contributed by atoms with Gasteiger partial charge in [-0.05, 0) is 24.5 Å². The Morgan fingerprint density at radius 3 is 2.86 bits per heavy atom. The van der Waals surface area contributed by atoms with Crippen LogP contribution < -0.4 is 4.74 Å². The molecule has 0 aliphatic carbocycles. The molecule has 1 aliphatic heterocycles. The maximum absolute atomic E-state index is 12.6. The van der Waals surface area contributed by atoms with Crippen LogP contribution in [0.4, 0.5) is 0 Å². The number of hydrogen-bond donors (Lipinski definition) is 0. The number of Topliss-reactive ketones (excluding diaryl/α,β-unsaturated/α-hetero) is 1. The van der Waals surface area contributed by atoms with Gasteiger partial charge in [-0.25, -0.2) is 0 Å². The van der Waals surface area contributed by atoms with Crippen molar-refractivity contribution in [1.29, 1.82) is 0 Å². The van der Waals surface area contributed by atoms with Crippen LogP contribution in [0.2, 0.25) is 0 Å². The normalized spacial score (nSPS) is 18.3.